The van der Waals surface area contributed by atoms with E-state index in [0.717, 1.165) is 32.8 Å². The fourth-order valence-electron chi connectivity index (χ4n) is 9.75. The average molecular weight is 820 g/mol. The van der Waals surface area contributed by atoms with Gasteiger partial charge in [-0.3, -0.25) is 0 Å². The third-order valence-electron chi connectivity index (χ3n) is 12.8. The van der Waals surface area contributed by atoms with Crippen LogP contribution in [0.2, 0.25) is 5.04 Å². The predicted octanol–water partition coefficient (Wildman–Crippen LogP) is 6.76. The Labute approximate surface area is 352 Å². The Kier molecular flexibility index (Phi) is 11.5. The maximum Gasteiger partial charge on any atom is 0.261 e. The van der Waals surface area contributed by atoms with Crippen LogP contribution in [0, 0.1) is 17.3 Å². The molecule has 10 nitrogen and oxygen atoms in total. The zero-order valence-corrected chi connectivity index (χ0v) is 35.6. The van der Waals surface area contributed by atoms with E-state index in [1.165, 1.54) is 6.33 Å². The summed E-state index contributed by atoms with van der Waals surface area (Å²) >= 11 is 0. The van der Waals surface area contributed by atoms with E-state index >= 15 is 0 Å². The van der Waals surface area contributed by atoms with Gasteiger partial charge in [-0.1, -0.05) is 154 Å². The molecule has 0 unspecified atom stereocenters. The number of hydrogen-bond acceptors (Lipinski definition) is 9. The van der Waals surface area contributed by atoms with E-state index in [4.69, 9.17) is 24.6 Å². The van der Waals surface area contributed by atoms with Gasteiger partial charge >= 0.3 is 0 Å². The number of benzene rings is 5. The summed E-state index contributed by atoms with van der Waals surface area (Å²) < 4.78 is 22.7. The lowest BCUT2D eigenvalue weighted by Gasteiger charge is -2.61. The van der Waals surface area contributed by atoms with E-state index in [1.807, 2.05) is 77.4 Å². The number of nitrogens with two attached hydrogens (primary N) is 1. The van der Waals surface area contributed by atoms with Crippen LogP contribution in [0.15, 0.2) is 158 Å². The second-order valence-corrected chi connectivity index (χ2v) is 21.1. The van der Waals surface area contributed by atoms with Crippen LogP contribution < -0.4 is 20.8 Å². The van der Waals surface area contributed by atoms with Gasteiger partial charge in [0.25, 0.3) is 8.32 Å². The number of imidazole rings is 1. The fourth-order valence-corrected chi connectivity index (χ4v) is 14.3. The Morgan fingerprint density at radius 1 is 0.667 bits per heavy atom. The van der Waals surface area contributed by atoms with E-state index < -0.39 is 31.2 Å². The van der Waals surface area contributed by atoms with Crippen molar-refractivity contribution in [1.82, 2.24) is 19.5 Å². The van der Waals surface area contributed by atoms with Crippen LogP contribution in [-0.2, 0) is 14.8 Å². The highest BCUT2D eigenvalue weighted by Gasteiger charge is 2.64. The van der Waals surface area contributed by atoms with Crippen molar-refractivity contribution >= 4 is 35.7 Å². The molecule has 1 fully saturated rings. The SMILES string of the molecule is COc1ccc(C(OC[C@H]2[C@H](n3cnc4c(N)ncnc43)[C@@H](CO[Si](c3ccccc3)(c3ccccc3)C(C)(C)C)C2(CO)CO)(c2ccccc2)c2ccccc2)cc1. The number of nitrogens with zero attached hydrogens (tertiary/aromatic N) is 4. The summed E-state index contributed by atoms with van der Waals surface area (Å²) in [5, 5.41) is 25.3. The zero-order valence-electron chi connectivity index (χ0n) is 34.6. The van der Waals surface area contributed by atoms with E-state index in [1.54, 1.807) is 13.4 Å². The second-order valence-electron chi connectivity index (χ2n) is 16.8. The minimum atomic E-state index is -3.05. The molecule has 0 aliphatic heterocycles. The van der Waals surface area contributed by atoms with Crippen LogP contribution in [0.1, 0.15) is 43.5 Å². The Bertz CT molecular complexity index is 2400. The predicted molar refractivity (Wildman–Crippen MR) is 238 cm³/mol. The highest BCUT2D eigenvalue weighted by Crippen LogP contribution is 2.60. The molecular weight excluding hydrogens is 767 g/mol. The summed E-state index contributed by atoms with van der Waals surface area (Å²) in [6.07, 6.45) is 3.19. The molecule has 2 heterocycles. The van der Waals surface area contributed by atoms with Crippen molar-refractivity contribution in [2.75, 3.05) is 39.3 Å². The van der Waals surface area contributed by atoms with Crippen LogP contribution in [0.5, 0.6) is 5.75 Å². The minimum Gasteiger partial charge on any atom is -0.497 e. The summed E-state index contributed by atoms with van der Waals surface area (Å²) in [4.78, 5) is 13.6. The smallest absolute Gasteiger partial charge is 0.261 e. The molecule has 11 heteroatoms. The number of fused-ring (bicyclic) bond motifs is 1. The summed E-state index contributed by atoms with van der Waals surface area (Å²) in [5.74, 6) is 0.150. The lowest BCUT2D eigenvalue weighted by atomic mass is 9.50. The highest BCUT2D eigenvalue weighted by atomic mass is 28.4. The number of rotatable bonds is 15. The first kappa shape index (κ1) is 41.1. The molecule has 1 aliphatic rings. The van der Waals surface area contributed by atoms with Gasteiger partial charge in [0.05, 0.1) is 33.3 Å². The first-order valence-electron chi connectivity index (χ1n) is 20.4. The molecule has 60 heavy (non-hydrogen) atoms. The van der Waals surface area contributed by atoms with Crippen LogP contribution in [0.25, 0.3) is 11.2 Å². The van der Waals surface area contributed by atoms with Gasteiger partial charge in [0.2, 0.25) is 0 Å². The van der Waals surface area contributed by atoms with Crippen molar-refractivity contribution in [1.29, 1.82) is 0 Å². The number of methoxy groups -OCH3 is 1. The molecule has 0 spiro atoms. The van der Waals surface area contributed by atoms with Crippen molar-refractivity contribution in [2.24, 2.45) is 17.3 Å². The number of ether oxygens (including phenoxy) is 2. The normalized spacial score (nSPS) is 17.9. The monoisotopic (exact) mass is 819 g/mol. The number of nitrogen functional groups attached to an aromatic ring is 1. The Balaban J connectivity index is 1.27. The van der Waals surface area contributed by atoms with Gasteiger partial charge in [-0.15, -0.1) is 0 Å². The van der Waals surface area contributed by atoms with E-state index in [-0.39, 0.29) is 43.3 Å². The van der Waals surface area contributed by atoms with Gasteiger partial charge in [-0.25, -0.2) is 15.0 Å². The largest absolute Gasteiger partial charge is 0.497 e. The second kappa shape index (κ2) is 16.8. The molecule has 0 amide bonds. The average Bonchev–Trinajstić information content (AvgIpc) is 3.72. The molecule has 4 N–H and O–H groups in total. The zero-order chi connectivity index (χ0) is 42.0. The first-order valence-corrected chi connectivity index (χ1v) is 22.3. The Hall–Kier alpha value is -5.69. The summed E-state index contributed by atoms with van der Waals surface area (Å²) in [6.45, 7) is 6.49. The quantitative estimate of drug-likeness (QED) is 0.0757. The molecule has 2 aromatic heterocycles. The minimum absolute atomic E-state index is 0.136. The first-order chi connectivity index (χ1) is 29.1. The van der Waals surface area contributed by atoms with Crippen molar-refractivity contribution in [3.63, 3.8) is 0 Å². The highest BCUT2D eigenvalue weighted by molar-refractivity contribution is 6.99. The van der Waals surface area contributed by atoms with Gasteiger partial charge in [0, 0.05) is 29.9 Å². The van der Waals surface area contributed by atoms with Gasteiger partial charge in [0.1, 0.15) is 23.2 Å². The molecule has 7 aromatic rings. The molecule has 1 aliphatic carbocycles. The molecule has 1 saturated carbocycles. The van der Waals surface area contributed by atoms with Crippen molar-refractivity contribution < 1.29 is 24.1 Å². The standard InChI is InChI=1S/C49H53N5O5Si/c1-47(2,3)60(39-21-13-7-14-22-39,40-23-15-8-16-24-40)59-30-42-44(54-34-53-43-45(50)51-33-52-46(43)54)41(48(42,31-55)32-56)29-58-49(35-17-9-5-10-18-35,36-19-11-6-12-20-36)37-25-27-38(57-4)28-26-37/h5-28,33-34,41-42,44,55-56H,29-32H2,1-4H3,(H2,50,51,52)/t41-,42+,44-/m0/s1. The van der Waals surface area contributed by atoms with Gasteiger partial charge in [-0.2, -0.15) is 0 Å². The Morgan fingerprint density at radius 3 is 1.67 bits per heavy atom. The number of anilines is 1. The number of aliphatic hydroxyl groups is 2. The molecule has 308 valence electrons. The van der Waals surface area contributed by atoms with Crippen LogP contribution in [0.4, 0.5) is 5.82 Å². The molecule has 0 radical (unpaired) electrons. The van der Waals surface area contributed by atoms with Crippen molar-refractivity contribution in [2.45, 2.75) is 37.5 Å². The van der Waals surface area contributed by atoms with E-state index in [0.29, 0.717) is 11.2 Å². The number of aromatic nitrogens is 4. The third kappa shape index (κ3) is 6.80. The maximum atomic E-state index is 11.7. The lowest BCUT2D eigenvalue weighted by Crippen LogP contribution is -2.69. The fraction of sp³-hybridized carbons (Fsp3) is 0.286. The van der Waals surface area contributed by atoms with Crippen LogP contribution in [-0.4, -0.2) is 71.6 Å². The molecular formula is C49H53N5O5Si. The van der Waals surface area contributed by atoms with Gasteiger partial charge < -0.3 is 34.4 Å². The summed E-state index contributed by atoms with van der Waals surface area (Å²) in [5.41, 5.74) is 8.04. The van der Waals surface area contributed by atoms with Crippen molar-refractivity contribution in [3.05, 3.63) is 175 Å². The number of aliphatic hydroxyl groups excluding tert-OH is 2. The topological polar surface area (TPSA) is 138 Å². The molecule has 0 bridgehead atoms. The third-order valence-corrected chi connectivity index (χ3v) is 17.8. The molecule has 5 aromatic carbocycles. The molecule has 8 rings (SSSR count). The van der Waals surface area contributed by atoms with Gasteiger partial charge in [-0.05, 0) is 44.2 Å². The maximum absolute atomic E-state index is 11.7. The van der Waals surface area contributed by atoms with Crippen LogP contribution in [0.3, 0.4) is 0 Å². The molecule has 3 atom stereocenters. The molecule has 0 saturated heterocycles. The van der Waals surface area contributed by atoms with E-state index in [2.05, 4.69) is 104 Å². The van der Waals surface area contributed by atoms with Gasteiger partial charge in [0.15, 0.2) is 11.5 Å². The van der Waals surface area contributed by atoms with Crippen LogP contribution >= 0.6 is 0 Å². The Morgan fingerprint density at radius 2 is 1.17 bits per heavy atom. The lowest BCUT2D eigenvalue weighted by molar-refractivity contribution is -0.207. The van der Waals surface area contributed by atoms with Crippen molar-refractivity contribution in [3.8, 4) is 5.75 Å². The number of hydrogen-bond donors (Lipinski definition) is 3. The summed E-state index contributed by atoms with van der Waals surface area (Å²) in [6, 6.07) is 48.9. The summed E-state index contributed by atoms with van der Waals surface area (Å²) in [7, 11) is -1.39. The van der Waals surface area contributed by atoms with E-state index in [9.17, 15) is 10.2 Å².